The Labute approximate surface area is 217 Å². The van der Waals surface area contributed by atoms with Crippen molar-refractivity contribution in [3.8, 4) is 11.5 Å². The molecule has 0 aromatic heterocycles. The van der Waals surface area contributed by atoms with Gasteiger partial charge >= 0.3 is 0 Å². The van der Waals surface area contributed by atoms with E-state index in [2.05, 4.69) is 5.32 Å². The molecule has 1 N–H and O–H groups in total. The molecule has 2 aromatic carbocycles. The fourth-order valence-electron chi connectivity index (χ4n) is 3.89. The molecule has 0 unspecified atom stereocenters. The second-order valence-corrected chi connectivity index (χ2v) is 11.3. The lowest BCUT2D eigenvalue weighted by molar-refractivity contribution is -0.140. The predicted molar refractivity (Wildman–Crippen MR) is 138 cm³/mol. The summed E-state index contributed by atoms with van der Waals surface area (Å²) in [6.45, 7) is 7.13. The smallest absolute Gasteiger partial charge is 0.244 e. The van der Waals surface area contributed by atoms with E-state index in [9.17, 15) is 22.4 Å². The average molecular weight is 536 g/mol. The van der Waals surface area contributed by atoms with Crippen molar-refractivity contribution in [1.29, 1.82) is 0 Å². The predicted octanol–water partition coefficient (Wildman–Crippen LogP) is 3.29. The normalized spacial score (nSPS) is 13.4. The summed E-state index contributed by atoms with van der Waals surface area (Å²) >= 11 is 0. The number of amides is 2. The van der Waals surface area contributed by atoms with Crippen LogP contribution in [0.2, 0.25) is 0 Å². The Morgan fingerprint density at radius 3 is 2.35 bits per heavy atom. The summed E-state index contributed by atoms with van der Waals surface area (Å²) in [5, 5.41) is 2.86. The van der Waals surface area contributed by atoms with E-state index in [4.69, 9.17) is 9.47 Å². The molecule has 11 heteroatoms. The third-order valence-electron chi connectivity index (χ3n) is 5.96. The molecule has 1 aliphatic rings. The average Bonchev–Trinajstić information content (AvgIpc) is 3.34. The van der Waals surface area contributed by atoms with Crippen LogP contribution in [0.15, 0.2) is 42.5 Å². The molecule has 0 saturated carbocycles. The first-order chi connectivity index (χ1) is 17.6. The van der Waals surface area contributed by atoms with E-state index >= 15 is 0 Å². The lowest BCUT2D eigenvalue weighted by Crippen LogP contribution is -2.52. The van der Waals surface area contributed by atoms with Gasteiger partial charge in [-0.05, 0) is 49.1 Å². The lowest BCUT2D eigenvalue weighted by Gasteiger charge is -2.33. The highest BCUT2D eigenvalue weighted by atomic mass is 32.2. The zero-order valence-corrected chi connectivity index (χ0v) is 22.4. The summed E-state index contributed by atoms with van der Waals surface area (Å²) in [4.78, 5) is 28.2. The van der Waals surface area contributed by atoms with Gasteiger partial charge < -0.3 is 19.7 Å². The van der Waals surface area contributed by atoms with Gasteiger partial charge in [-0.15, -0.1) is 0 Å². The van der Waals surface area contributed by atoms with Crippen LogP contribution in [-0.4, -0.2) is 56.8 Å². The Morgan fingerprint density at radius 1 is 1.05 bits per heavy atom. The summed E-state index contributed by atoms with van der Waals surface area (Å²) in [5.74, 6) is -0.493. The van der Waals surface area contributed by atoms with Crippen molar-refractivity contribution in [2.75, 3.05) is 29.9 Å². The van der Waals surface area contributed by atoms with Crippen molar-refractivity contribution < 1.29 is 31.9 Å². The maximum Gasteiger partial charge on any atom is 0.244 e. The molecule has 1 heterocycles. The SMILES string of the molecule is CC[C@@H](C(=O)NCC(C)C)N(Cc1ccc(F)cc1)C(=O)CN(c1ccc2c(c1)OCO2)S(=O)(=O)CC. The fraction of sp³-hybridized carbons (Fsp3) is 0.462. The van der Waals surface area contributed by atoms with Crippen LogP contribution in [0.5, 0.6) is 11.5 Å². The van der Waals surface area contributed by atoms with Crippen LogP contribution in [-0.2, 0) is 26.2 Å². The maximum absolute atomic E-state index is 13.7. The van der Waals surface area contributed by atoms with E-state index in [1.807, 2.05) is 13.8 Å². The number of benzene rings is 2. The van der Waals surface area contributed by atoms with Gasteiger partial charge in [0.15, 0.2) is 11.5 Å². The third-order valence-corrected chi connectivity index (χ3v) is 7.70. The minimum absolute atomic E-state index is 0.00781. The number of nitrogens with zero attached hydrogens (tertiary/aromatic N) is 2. The van der Waals surface area contributed by atoms with Gasteiger partial charge in [-0.25, -0.2) is 12.8 Å². The molecule has 202 valence electrons. The van der Waals surface area contributed by atoms with Crippen LogP contribution in [0, 0.1) is 11.7 Å². The fourth-order valence-corrected chi connectivity index (χ4v) is 4.94. The Balaban J connectivity index is 1.95. The number of hydrogen-bond acceptors (Lipinski definition) is 6. The third kappa shape index (κ3) is 7.12. The number of sulfonamides is 1. The van der Waals surface area contributed by atoms with Gasteiger partial charge in [0.05, 0.1) is 11.4 Å². The highest BCUT2D eigenvalue weighted by molar-refractivity contribution is 7.92. The summed E-state index contributed by atoms with van der Waals surface area (Å²) in [5.41, 5.74) is 0.858. The number of rotatable bonds is 12. The van der Waals surface area contributed by atoms with E-state index in [0.717, 1.165) is 4.31 Å². The maximum atomic E-state index is 13.7. The Morgan fingerprint density at radius 2 is 1.73 bits per heavy atom. The van der Waals surface area contributed by atoms with E-state index in [1.54, 1.807) is 19.1 Å². The molecular formula is C26H34FN3O6S. The number of ether oxygens (including phenoxy) is 2. The van der Waals surface area contributed by atoms with Crippen LogP contribution in [0.25, 0.3) is 0 Å². The molecule has 1 aliphatic heterocycles. The highest BCUT2D eigenvalue weighted by Gasteiger charge is 2.33. The zero-order chi connectivity index (χ0) is 27.2. The number of halogens is 1. The molecule has 3 rings (SSSR count). The van der Waals surface area contributed by atoms with Crippen molar-refractivity contribution >= 4 is 27.5 Å². The van der Waals surface area contributed by atoms with Crippen LogP contribution >= 0.6 is 0 Å². The van der Waals surface area contributed by atoms with Crippen molar-refractivity contribution in [3.05, 3.63) is 53.8 Å². The van der Waals surface area contributed by atoms with Crippen LogP contribution in [0.4, 0.5) is 10.1 Å². The number of nitrogens with one attached hydrogen (secondary N) is 1. The minimum atomic E-state index is -3.87. The lowest BCUT2D eigenvalue weighted by atomic mass is 10.1. The van der Waals surface area contributed by atoms with E-state index in [0.29, 0.717) is 30.0 Å². The van der Waals surface area contributed by atoms with Gasteiger partial charge in [0.1, 0.15) is 18.4 Å². The molecule has 0 fully saturated rings. The Hall–Kier alpha value is -3.34. The molecule has 37 heavy (non-hydrogen) atoms. The van der Waals surface area contributed by atoms with Gasteiger partial charge in [-0.1, -0.05) is 32.9 Å². The molecule has 1 atom stereocenters. The first-order valence-electron chi connectivity index (χ1n) is 12.3. The second-order valence-electron chi connectivity index (χ2n) is 9.16. The standard InChI is InChI=1S/C26H34FN3O6S/c1-5-22(26(32)28-14-18(3)4)29(15-19-7-9-20(27)10-8-19)25(31)16-30(37(33,34)6-2)21-11-12-23-24(13-21)36-17-35-23/h7-13,18,22H,5-6,14-17H2,1-4H3,(H,28,32)/t22-/m0/s1. The van der Waals surface area contributed by atoms with Crippen molar-refractivity contribution in [2.24, 2.45) is 5.92 Å². The molecular weight excluding hydrogens is 501 g/mol. The molecule has 2 amide bonds. The van der Waals surface area contributed by atoms with E-state index in [1.165, 1.54) is 42.2 Å². The molecule has 0 radical (unpaired) electrons. The number of hydrogen-bond donors (Lipinski definition) is 1. The molecule has 0 saturated heterocycles. The molecule has 0 bridgehead atoms. The van der Waals surface area contributed by atoms with Crippen LogP contribution < -0.4 is 19.1 Å². The first-order valence-corrected chi connectivity index (χ1v) is 13.9. The van der Waals surface area contributed by atoms with Gasteiger partial charge in [-0.2, -0.15) is 0 Å². The summed E-state index contributed by atoms with van der Waals surface area (Å²) in [7, 11) is -3.87. The number of anilines is 1. The van der Waals surface area contributed by atoms with Gasteiger partial charge in [0.2, 0.25) is 28.6 Å². The first kappa shape index (κ1) is 28.2. The van der Waals surface area contributed by atoms with Crippen molar-refractivity contribution in [1.82, 2.24) is 10.2 Å². The summed E-state index contributed by atoms with van der Waals surface area (Å²) in [6, 6.07) is 9.42. The Bertz CT molecular complexity index is 1200. The highest BCUT2D eigenvalue weighted by Crippen LogP contribution is 2.36. The summed E-state index contributed by atoms with van der Waals surface area (Å²) in [6.07, 6.45) is 0.307. The second kappa shape index (κ2) is 12.3. The topological polar surface area (TPSA) is 105 Å². The van der Waals surface area contributed by atoms with Crippen LogP contribution in [0.3, 0.4) is 0 Å². The minimum Gasteiger partial charge on any atom is -0.454 e. The molecule has 0 aliphatic carbocycles. The summed E-state index contributed by atoms with van der Waals surface area (Å²) < 4.78 is 51.4. The van der Waals surface area contributed by atoms with E-state index in [-0.39, 0.29) is 36.6 Å². The van der Waals surface area contributed by atoms with Crippen molar-refractivity contribution in [3.63, 3.8) is 0 Å². The Kier molecular flexibility index (Phi) is 9.36. The number of fused-ring (bicyclic) bond motifs is 1. The molecule has 0 spiro atoms. The number of carbonyl (C=O) groups excluding carboxylic acids is 2. The van der Waals surface area contributed by atoms with E-state index < -0.39 is 34.3 Å². The largest absolute Gasteiger partial charge is 0.454 e. The zero-order valence-electron chi connectivity index (χ0n) is 21.6. The quantitative estimate of drug-likeness (QED) is 0.447. The van der Waals surface area contributed by atoms with Crippen molar-refractivity contribution in [2.45, 2.75) is 46.7 Å². The monoisotopic (exact) mass is 535 g/mol. The molecule has 2 aromatic rings. The van der Waals surface area contributed by atoms with Crippen LogP contribution in [0.1, 0.15) is 39.7 Å². The van der Waals surface area contributed by atoms with Gasteiger partial charge in [-0.3, -0.25) is 13.9 Å². The molecule has 9 nitrogen and oxygen atoms in total. The van der Waals surface area contributed by atoms with Gasteiger partial charge in [0, 0.05) is 19.2 Å². The number of carbonyl (C=O) groups is 2. The van der Waals surface area contributed by atoms with Gasteiger partial charge in [0.25, 0.3) is 0 Å².